The number of thioether (sulfide) groups is 1. The molecule has 18 heavy (non-hydrogen) atoms. The number of halogens is 2. The minimum atomic E-state index is 0.857. The van der Waals surface area contributed by atoms with Crippen molar-refractivity contribution in [2.24, 2.45) is 0 Å². The van der Waals surface area contributed by atoms with E-state index in [4.69, 9.17) is 0 Å². The van der Waals surface area contributed by atoms with Crippen molar-refractivity contribution in [2.45, 2.75) is 18.4 Å². The summed E-state index contributed by atoms with van der Waals surface area (Å²) in [6.07, 6.45) is 0. The Hall–Kier alpha value is 0.0300. The van der Waals surface area contributed by atoms with Gasteiger partial charge in [0.05, 0.1) is 3.79 Å². The summed E-state index contributed by atoms with van der Waals surface area (Å²) in [6.45, 7) is 3.03. The normalized spacial score (nSPS) is 10.6. The topological polar surface area (TPSA) is 12.0 Å². The van der Waals surface area contributed by atoms with Crippen LogP contribution in [-0.4, -0.2) is 5.75 Å². The Labute approximate surface area is 133 Å². The smallest absolute Gasteiger partial charge is 0.0843 e. The number of anilines is 1. The summed E-state index contributed by atoms with van der Waals surface area (Å²) in [7, 11) is 0. The molecule has 1 N–H and O–H groups in total. The lowest BCUT2D eigenvalue weighted by Crippen LogP contribution is -1.98. The Morgan fingerprint density at radius 1 is 1.28 bits per heavy atom. The molecule has 0 aliphatic carbocycles. The Kier molecular flexibility index (Phi) is 5.60. The zero-order valence-electron chi connectivity index (χ0n) is 9.87. The second-order valence-corrected chi connectivity index (χ2v) is 8.23. The molecule has 1 nitrogen and oxygen atoms in total. The average Bonchev–Trinajstić information content (AvgIpc) is 2.68. The summed E-state index contributed by atoms with van der Waals surface area (Å²) >= 11 is 10.7. The van der Waals surface area contributed by atoms with Crippen molar-refractivity contribution < 1.29 is 0 Å². The fourth-order valence-corrected chi connectivity index (χ4v) is 4.45. The second-order valence-electron chi connectivity index (χ2n) is 3.62. The van der Waals surface area contributed by atoms with Crippen LogP contribution in [0.5, 0.6) is 0 Å². The van der Waals surface area contributed by atoms with Gasteiger partial charge >= 0.3 is 0 Å². The summed E-state index contributed by atoms with van der Waals surface area (Å²) in [5.74, 6) is 1.09. The fraction of sp³-hybridized carbons (Fsp3) is 0.231. The van der Waals surface area contributed by atoms with Gasteiger partial charge in [0.25, 0.3) is 0 Å². The van der Waals surface area contributed by atoms with Crippen molar-refractivity contribution in [3.05, 3.63) is 43.5 Å². The highest BCUT2D eigenvalue weighted by molar-refractivity contribution is 9.13. The fourth-order valence-electron chi connectivity index (χ4n) is 1.55. The van der Waals surface area contributed by atoms with Crippen molar-refractivity contribution in [1.29, 1.82) is 0 Å². The monoisotopic (exact) mass is 405 g/mol. The number of para-hydroxylation sites is 1. The van der Waals surface area contributed by atoms with Crippen LogP contribution in [0.1, 0.15) is 11.8 Å². The standard InChI is InChI=1S/C13H13Br2NS2/c1-2-17-12-6-4-3-5-11(12)16-8-9-7-10(14)13(15)18-9/h3-7,16H,2,8H2,1H3. The van der Waals surface area contributed by atoms with Gasteiger partial charge in [-0.25, -0.2) is 0 Å². The zero-order chi connectivity index (χ0) is 13.0. The Morgan fingerprint density at radius 3 is 2.72 bits per heavy atom. The average molecular weight is 407 g/mol. The third kappa shape index (κ3) is 3.76. The van der Waals surface area contributed by atoms with Crippen LogP contribution in [0, 0.1) is 0 Å². The van der Waals surface area contributed by atoms with E-state index < -0.39 is 0 Å². The lowest BCUT2D eigenvalue weighted by atomic mass is 10.3. The lowest BCUT2D eigenvalue weighted by Gasteiger charge is -2.09. The third-order valence-electron chi connectivity index (χ3n) is 2.34. The maximum absolute atomic E-state index is 3.52. The first-order valence-electron chi connectivity index (χ1n) is 5.60. The largest absolute Gasteiger partial charge is 0.379 e. The van der Waals surface area contributed by atoms with Crippen molar-refractivity contribution in [3.8, 4) is 0 Å². The first-order chi connectivity index (χ1) is 8.70. The van der Waals surface area contributed by atoms with E-state index in [9.17, 15) is 0 Å². The summed E-state index contributed by atoms with van der Waals surface area (Å²) in [5.41, 5.74) is 1.21. The van der Waals surface area contributed by atoms with Crippen LogP contribution in [0.3, 0.4) is 0 Å². The summed E-state index contributed by atoms with van der Waals surface area (Å²) < 4.78 is 2.27. The number of thiophene rings is 1. The van der Waals surface area contributed by atoms with E-state index in [2.05, 4.69) is 74.4 Å². The van der Waals surface area contributed by atoms with Crippen LogP contribution in [0.2, 0.25) is 0 Å². The highest BCUT2D eigenvalue weighted by atomic mass is 79.9. The van der Waals surface area contributed by atoms with Crippen LogP contribution >= 0.6 is 55.0 Å². The molecule has 2 aromatic rings. The molecule has 0 aliphatic rings. The molecule has 0 spiro atoms. The van der Waals surface area contributed by atoms with Crippen LogP contribution in [0.15, 0.2) is 43.5 Å². The van der Waals surface area contributed by atoms with Gasteiger partial charge in [0.15, 0.2) is 0 Å². The Balaban J connectivity index is 2.05. The molecule has 0 unspecified atom stereocenters. The quantitative estimate of drug-likeness (QED) is 0.611. The van der Waals surface area contributed by atoms with E-state index in [1.54, 1.807) is 11.3 Å². The summed E-state index contributed by atoms with van der Waals surface area (Å²) in [6, 6.07) is 10.6. The number of nitrogens with one attached hydrogen (secondary N) is 1. The Bertz CT molecular complexity index is 506. The van der Waals surface area contributed by atoms with Crippen molar-refractivity contribution >= 4 is 60.6 Å². The molecule has 0 amide bonds. The third-order valence-corrected chi connectivity index (χ3v) is 6.55. The van der Waals surface area contributed by atoms with E-state index in [1.165, 1.54) is 15.5 Å². The molecular weight excluding hydrogens is 394 g/mol. The summed E-state index contributed by atoms with van der Waals surface area (Å²) in [4.78, 5) is 2.62. The van der Waals surface area contributed by atoms with Crippen molar-refractivity contribution in [3.63, 3.8) is 0 Å². The van der Waals surface area contributed by atoms with E-state index in [0.717, 1.165) is 20.6 Å². The van der Waals surface area contributed by atoms with Gasteiger partial charge in [0, 0.05) is 26.5 Å². The molecule has 1 aromatic carbocycles. The Morgan fingerprint density at radius 2 is 2.06 bits per heavy atom. The number of benzene rings is 1. The molecule has 0 atom stereocenters. The highest BCUT2D eigenvalue weighted by Gasteiger charge is 2.05. The first-order valence-corrected chi connectivity index (χ1v) is 8.99. The molecule has 1 heterocycles. The SMILES string of the molecule is CCSc1ccccc1NCc1cc(Br)c(Br)s1. The lowest BCUT2D eigenvalue weighted by molar-refractivity contribution is 1.17. The van der Waals surface area contributed by atoms with Crippen LogP contribution in [0.4, 0.5) is 5.69 Å². The van der Waals surface area contributed by atoms with Crippen molar-refractivity contribution in [2.75, 3.05) is 11.1 Å². The molecule has 5 heteroatoms. The van der Waals surface area contributed by atoms with E-state index >= 15 is 0 Å². The number of hydrogen-bond acceptors (Lipinski definition) is 3. The van der Waals surface area contributed by atoms with E-state index in [0.29, 0.717) is 0 Å². The maximum Gasteiger partial charge on any atom is 0.0843 e. The second kappa shape index (κ2) is 6.98. The predicted molar refractivity (Wildman–Crippen MR) is 89.9 cm³/mol. The van der Waals surface area contributed by atoms with Crippen LogP contribution < -0.4 is 5.32 Å². The molecule has 0 radical (unpaired) electrons. The van der Waals surface area contributed by atoms with E-state index in [1.807, 2.05) is 11.8 Å². The molecule has 0 saturated heterocycles. The minimum absolute atomic E-state index is 0.857. The summed E-state index contributed by atoms with van der Waals surface area (Å²) in [5, 5.41) is 3.50. The zero-order valence-corrected chi connectivity index (χ0v) is 14.7. The minimum Gasteiger partial charge on any atom is -0.379 e. The molecule has 0 bridgehead atoms. The van der Waals surface area contributed by atoms with Gasteiger partial charge in [0.1, 0.15) is 0 Å². The molecular formula is C13H13Br2NS2. The first kappa shape index (κ1) is 14.4. The van der Waals surface area contributed by atoms with Gasteiger partial charge in [0.2, 0.25) is 0 Å². The highest BCUT2D eigenvalue weighted by Crippen LogP contribution is 2.33. The molecule has 2 rings (SSSR count). The maximum atomic E-state index is 3.52. The van der Waals surface area contributed by atoms with Gasteiger partial charge in [-0.15, -0.1) is 23.1 Å². The number of hydrogen-bond donors (Lipinski definition) is 1. The van der Waals surface area contributed by atoms with E-state index in [-0.39, 0.29) is 0 Å². The molecule has 0 saturated carbocycles. The molecule has 1 aromatic heterocycles. The molecule has 0 fully saturated rings. The predicted octanol–water partition coefficient (Wildman–Crippen LogP) is 6.00. The van der Waals surface area contributed by atoms with Gasteiger partial charge in [-0.2, -0.15) is 0 Å². The van der Waals surface area contributed by atoms with Gasteiger partial charge in [-0.05, 0) is 55.8 Å². The van der Waals surface area contributed by atoms with Gasteiger partial charge < -0.3 is 5.32 Å². The molecule has 0 aliphatic heterocycles. The van der Waals surface area contributed by atoms with Crippen LogP contribution in [0.25, 0.3) is 0 Å². The molecule has 96 valence electrons. The van der Waals surface area contributed by atoms with Gasteiger partial charge in [-0.1, -0.05) is 19.1 Å². The number of rotatable bonds is 5. The van der Waals surface area contributed by atoms with Gasteiger partial charge in [-0.3, -0.25) is 0 Å². The van der Waals surface area contributed by atoms with Crippen LogP contribution in [-0.2, 0) is 6.54 Å². The van der Waals surface area contributed by atoms with Crippen molar-refractivity contribution in [1.82, 2.24) is 0 Å².